The van der Waals surface area contributed by atoms with Crippen LogP contribution in [0, 0.1) is 6.92 Å². The van der Waals surface area contributed by atoms with E-state index in [1.807, 2.05) is 72.2 Å². The molecule has 162 valence electrons. The number of nitrogens with zero attached hydrogens (tertiary/aromatic N) is 1. The van der Waals surface area contributed by atoms with Gasteiger partial charge in [0.15, 0.2) is 0 Å². The topological polar surface area (TPSA) is 60.3 Å². The number of esters is 1. The average Bonchev–Trinajstić information content (AvgIpc) is 3.11. The largest absolute Gasteiger partial charge is 0.462 e. The molecule has 0 spiro atoms. The molecule has 0 fully saturated rings. The Morgan fingerprint density at radius 1 is 1.06 bits per heavy atom. The lowest BCUT2D eigenvalue weighted by atomic mass is 10.1. The van der Waals surface area contributed by atoms with E-state index in [9.17, 15) is 9.59 Å². The van der Waals surface area contributed by atoms with Gasteiger partial charge in [-0.3, -0.25) is 4.79 Å². The monoisotopic (exact) mass is 438 g/mol. The minimum atomic E-state index is -0.344. The van der Waals surface area contributed by atoms with Crippen LogP contribution in [0.3, 0.4) is 0 Å². The second-order valence-corrected chi connectivity index (χ2v) is 7.68. The first-order valence-electron chi connectivity index (χ1n) is 10.4. The van der Waals surface area contributed by atoms with Crippen LogP contribution in [-0.4, -0.2) is 29.6 Å². The summed E-state index contributed by atoms with van der Waals surface area (Å²) in [6.45, 7) is 5.03. The van der Waals surface area contributed by atoms with Gasteiger partial charge in [-0.05, 0) is 49.6 Å². The number of carbonyl (C=O) groups is 2. The van der Waals surface area contributed by atoms with Crippen LogP contribution in [0.4, 0.5) is 0 Å². The molecule has 0 aliphatic rings. The zero-order valence-corrected chi connectivity index (χ0v) is 18.6. The molecule has 0 radical (unpaired) electrons. The quantitative estimate of drug-likeness (QED) is 0.476. The van der Waals surface area contributed by atoms with Gasteiger partial charge in [0.25, 0.3) is 0 Å². The van der Waals surface area contributed by atoms with Crippen LogP contribution in [0.1, 0.15) is 35.0 Å². The molecule has 31 heavy (non-hydrogen) atoms. The summed E-state index contributed by atoms with van der Waals surface area (Å²) in [6, 6.07) is 19.3. The highest BCUT2D eigenvalue weighted by Crippen LogP contribution is 2.27. The molecular formula is C25H27ClN2O3. The van der Waals surface area contributed by atoms with Crippen molar-refractivity contribution in [1.29, 1.82) is 0 Å². The van der Waals surface area contributed by atoms with Crippen molar-refractivity contribution < 1.29 is 14.3 Å². The highest BCUT2D eigenvalue weighted by Gasteiger charge is 2.19. The lowest BCUT2D eigenvalue weighted by molar-refractivity contribution is -0.121. The van der Waals surface area contributed by atoms with Crippen LogP contribution in [0.15, 0.2) is 60.7 Å². The van der Waals surface area contributed by atoms with Crippen molar-refractivity contribution in [3.05, 3.63) is 82.5 Å². The second-order valence-electron chi connectivity index (χ2n) is 7.24. The molecule has 2 aromatic carbocycles. The molecule has 0 aliphatic carbocycles. The molecule has 6 heteroatoms. The maximum absolute atomic E-state index is 12.4. The Bertz CT molecular complexity index is 1030. The van der Waals surface area contributed by atoms with Gasteiger partial charge in [0, 0.05) is 35.9 Å². The first-order valence-corrected chi connectivity index (χ1v) is 10.8. The molecule has 0 unspecified atom stereocenters. The van der Waals surface area contributed by atoms with Gasteiger partial charge in [0.1, 0.15) is 0 Å². The van der Waals surface area contributed by atoms with Crippen LogP contribution < -0.4 is 5.32 Å². The maximum atomic E-state index is 12.4. The molecule has 1 amide bonds. The summed E-state index contributed by atoms with van der Waals surface area (Å²) >= 11 is 5.90. The van der Waals surface area contributed by atoms with Gasteiger partial charge in [-0.2, -0.15) is 0 Å². The van der Waals surface area contributed by atoms with Gasteiger partial charge in [-0.1, -0.05) is 54.1 Å². The SMILES string of the molecule is CCOC(=O)c1cc(-c2ccccc2)n(CCC(=O)NCCc2ccc(Cl)cc2)c1C. The zero-order valence-electron chi connectivity index (χ0n) is 17.9. The number of rotatable bonds is 9. The van der Waals surface area contributed by atoms with Crippen LogP contribution in [-0.2, 0) is 22.5 Å². The fourth-order valence-electron chi connectivity index (χ4n) is 3.50. The van der Waals surface area contributed by atoms with Gasteiger partial charge in [-0.15, -0.1) is 0 Å². The normalized spacial score (nSPS) is 10.7. The average molecular weight is 439 g/mol. The molecule has 1 aromatic heterocycles. The number of ether oxygens (including phenoxy) is 1. The van der Waals surface area contributed by atoms with E-state index in [0.717, 1.165) is 28.9 Å². The Hall–Kier alpha value is -3.05. The van der Waals surface area contributed by atoms with E-state index in [-0.39, 0.29) is 11.9 Å². The molecule has 5 nitrogen and oxygen atoms in total. The lowest BCUT2D eigenvalue weighted by Gasteiger charge is -2.12. The first-order chi connectivity index (χ1) is 15.0. The van der Waals surface area contributed by atoms with Crippen LogP contribution in [0.5, 0.6) is 0 Å². The third kappa shape index (κ3) is 5.98. The molecule has 0 saturated heterocycles. The summed E-state index contributed by atoms with van der Waals surface area (Å²) in [6.07, 6.45) is 1.06. The highest BCUT2D eigenvalue weighted by atomic mass is 35.5. The fourth-order valence-corrected chi connectivity index (χ4v) is 3.62. The van der Waals surface area contributed by atoms with Crippen molar-refractivity contribution in [2.45, 2.75) is 33.2 Å². The number of hydrogen-bond donors (Lipinski definition) is 1. The van der Waals surface area contributed by atoms with Gasteiger partial charge < -0.3 is 14.6 Å². The maximum Gasteiger partial charge on any atom is 0.339 e. The van der Waals surface area contributed by atoms with Gasteiger partial charge in [-0.25, -0.2) is 4.79 Å². The minimum absolute atomic E-state index is 0.0289. The number of hydrogen-bond acceptors (Lipinski definition) is 3. The van der Waals surface area contributed by atoms with Crippen molar-refractivity contribution >= 4 is 23.5 Å². The Morgan fingerprint density at radius 2 is 1.77 bits per heavy atom. The number of halogens is 1. The van der Waals surface area contributed by atoms with Gasteiger partial charge >= 0.3 is 5.97 Å². The van der Waals surface area contributed by atoms with Crippen molar-refractivity contribution in [3.63, 3.8) is 0 Å². The third-order valence-corrected chi connectivity index (χ3v) is 5.39. The highest BCUT2D eigenvalue weighted by molar-refractivity contribution is 6.30. The van der Waals surface area contributed by atoms with Gasteiger partial charge in [0.05, 0.1) is 12.2 Å². The third-order valence-electron chi connectivity index (χ3n) is 5.14. The number of aromatic nitrogens is 1. The Kier molecular flexibility index (Phi) is 7.90. The number of amides is 1. The van der Waals surface area contributed by atoms with Gasteiger partial charge in [0.2, 0.25) is 5.91 Å². The molecule has 0 bridgehead atoms. The van der Waals surface area contributed by atoms with Crippen molar-refractivity contribution in [3.8, 4) is 11.3 Å². The zero-order chi connectivity index (χ0) is 22.2. The summed E-state index contributed by atoms with van der Waals surface area (Å²) in [5, 5.41) is 3.67. The summed E-state index contributed by atoms with van der Waals surface area (Å²) in [5.41, 5.74) is 4.34. The smallest absolute Gasteiger partial charge is 0.339 e. The second kappa shape index (κ2) is 10.8. The molecule has 0 saturated carbocycles. The predicted molar refractivity (Wildman–Crippen MR) is 123 cm³/mol. The van der Waals surface area contributed by atoms with Crippen molar-refractivity contribution in [2.75, 3.05) is 13.2 Å². The first kappa shape index (κ1) is 22.6. The number of benzene rings is 2. The summed E-state index contributed by atoms with van der Waals surface area (Å²) in [5.74, 6) is -0.373. The standard InChI is InChI=1S/C25H27ClN2O3/c1-3-31-25(30)22-17-23(20-7-5-4-6-8-20)28(18(22)2)16-14-24(29)27-15-13-19-9-11-21(26)12-10-19/h4-12,17H,3,13-16H2,1-2H3,(H,27,29). The molecular weight excluding hydrogens is 412 g/mol. The van der Waals surface area contributed by atoms with E-state index in [1.165, 1.54) is 0 Å². The molecule has 1 heterocycles. The summed E-state index contributed by atoms with van der Waals surface area (Å²) in [4.78, 5) is 24.8. The Labute approximate surface area is 188 Å². The Morgan fingerprint density at radius 3 is 2.45 bits per heavy atom. The van der Waals surface area contributed by atoms with E-state index < -0.39 is 0 Å². The van der Waals surface area contributed by atoms with Crippen LogP contribution in [0.25, 0.3) is 11.3 Å². The molecule has 0 atom stereocenters. The Balaban J connectivity index is 1.67. The van der Waals surface area contributed by atoms with Crippen molar-refractivity contribution in [2.24, 2.45) is 0 Å². The number of nitrogens with one attached hydrogen (secondary N) is 1. The van der Waals surface area contributed by atoms with E-state index in [1.54, 1.807) is 6.92 Å². The fraction of sp³-hybridized carbons (Fsp3) is 0.280. The molecule has 3 rings (SSSR count). The van der Waals surface area contributed by atoms with Crippen LogP contribution >= 0.6 is 11.6 Å². The molecule has 0 aliphatic heterocycles. The lowest BCUT2D eigenvalue weighted by Crippen LogP contribution is -2.26. The van der Waals surface area contributed by atoms with E-state index >= 15 is 0 Å². The summed E-state index contributed by atoms with van der Waals surface area (Å²) < 4.78 is 7.22. The van der Waals surface area contributed by atoms with Crippen LogP contribution in [0.2, 0.25) is 5.02 Å². The number of carbonyl (C=O) groups excluding carboxylic acids is 2. The van der Waals surface area contributed by atoms with E-state index in [2.05, 4.69) is 5.32 Å². The minimum Gasteiger partial charge on any atom is -0.462 e. The van der Waals surface area contributed by atoms with E-state index in [0.29, 0.717) is 36.7 Å². The predicted octanol–water partition coefficient (Wildman–Crippen LogP) is 5.04. The molecule has 3 aromatic rings. The summed E-state index contributed by atoms with van der Waals surface area (Å²) in [7, 11) is 0. The van der Waals surface area contributed by atoms with E-state index in [4.69, 9.17) is 16.3 Å². The molecule has 1 N–H and O–H groups in total. The van der Waals surface area contributed by atoms with Crippen molar-refractivity contribution in [1.82, 2.24) is 9.88 Å².